The molecule has 4 nitrogen and oxygen atoms in total. The SMILES string of the molecule is CC(O)CNC(=O)c1cnc2ccccc2c1C(F)(F)F. The Kier molecular flexibility index (Phi) is 4.13. The van der Waals surface area contributed by atoms with Gasteiger partial charge in [-0.2, -0.15) is 13.2 Å². The van der Waals surface area contributed by atoms with Crippen molar-refractivity contribution in [3.05, 3.63) is 41.6 Å². The van der Waals surface area contributed by atoms with Crippen LogP contribution in [-0.2, 0) is 6.18 Å². The second kappa shape index (κ2) is 5.69. The number of hydrogen-bond donors (Lipinski definition) is 2. The summed E-state index contributed by atoms with van der Waals surface area (Å²) in [7, 11) is 0. The van der Waals surface area contributed by atoms with Gasteiger partial charge in [0.2, 0.25) is 0 Å². The van der Waals surface area contributed by atoms with E-state index in [0.717, 1.165) is 6.20 Å². The van der Waals surface area contributed by atoms with Crippen LogP contribution < -0.4 is 5.32 Å². The van der Waals surface area contributed by atoms with Gasteiger partial charge in [0.05, 0.1) is 22.7 Å². The van der Waals surface area contributed by atoms with Crippen LogP contribution in [0.15, 0.2) is 30.5 Å². The highest BCUT2D eigenvalue weighted by Gasteiger charge is 2.37. The van der Waals surface area contributed by atoms with Gasteiger partial charge in [0, 0.05) is 18.1 Å². The van der Waals surface area contributed by atoms with E-state index in [0.29, 0.717) is 0 Å². The largest absolute Gasteiger partial charge is 0.417 e. The number of aromatic nitrogens is 1. The number of hydrogen-bond acceptors (Lipinski definition) is 3. The monoisotopic (exact) mass is 298 g/mol. The summed E-state index contributed by atoms with van der Waals surface area (Å²) >= 11 is 0. The molecule has 0 fully saturated rings. The van der Waals surface area contributed by atoms with Crippen molar-refractivity contribution < 1.29 is 23.1 Å². The van der Waals surface area contributed by atoms with Gasteiger partial charge in [0.15, 0.2) is 0 Å². The molecule has 2 rings (SSSR count). The molecule has 0 radical (unpaired) electrons. The van der Waals surface area contributed by atoms with Gasteiger partial charge in [-0.05, 0) is 13.0 Å². The molecule has 21 heavy (non-hydrogen) atoms. The van der Waals surface area contributed by atoms with Crippen molar-refractivity contribution >= 4 is 16.8 Å². The number of pyridine rings is 1. The summed E-state index contributed by atoms with van der Waals surface area (Å²) in [5.41, 5.74) is -1.41. The molecule has 112 valence electrons. The van der Waals surface area contributed by atoms with Crippen molar-refractivity contribution in [2.45, 2.75) is 19.2 Å². The summed E-state index contributed by atoms with van der Waals surface area (Å²) in [6.45, 7) is 1.28. The molecule has 2 N–H and O–H groups in total. The molecular weight excluding hydrogens is 285 g/mol. The van der Waals surface area contributed by atoms with Gasteiger partial charge in [0.1, 0.15) is 0 Å². The van der Waals surface area contributed by atoms with Crippen LogP contribution in [-0.4, -0.2) is 28.6 Å². The average molecular weight is 298 g/mol. The van der Waals surface area contributed by atoms with Gasteiger partial charge in [0.25, 0.3) is 5.91 Å². The Hall–Kier alpha value is -2.15. The molecule has 0 saturated heterocycles. The van der Waals surface area contributed by atoms with Crippen molar-refractivity contribution in [3.63, 3.8) is 0 Å². The number of amides is 1. The summed E-state index contributed by atoms with van der Waals surface area (Å²) in [6.07, 6.45) is -4.63. The van der Waals surface area contributed by atoms with E-state index in [2.05, 4.69) is 10.3 Å². The number of fused-ring (bicyclic) bond motifs is 1. The van der Waals surface area contributed by atoms with Gasteiger partial charge < -0.3 is 10.4 Å². The van der Waals surface area contributed by atoms with Crippen LogP contribution in [0.3, 0.4) is 0 Å². The molecule has 2 aromatic rings. The normalized spacial score (nSPS) is 13.2. The first-order valence-corrected chi connectivity index (χ1v) is 6.22. The van der Waals surface area contributed by atoms with Crippen LogP contribution in [0.1, 0.15) is 22.8 Å². The lowest BCUT2D eigenvalue weighted by Crippen LogP contribution is -2.32. The third-order valence-electron chi connectivity index (χ3n) is 2.86. The lowest BCUT2D eigenvalue weighted by molar-refractivity contribution is -0.136. The van der Waals surface area contributed by atoms with E-state index < -0.39 is 29.3 Å². The number of nitrogens with one attached hydrogen (secondary N) is 1. The van der Waals surface area contributed by atoms with E-state index in [1.54, 1.807) is 6.07 Å². The second-order valence-corrected chi connectivity index (χ2v) is 4.62. The zero-order chi connectivity index (χ0) is 15.6. The first-order chi connectivity index (χ1) is 9.80. The minimum absolute atomic E-state index is 0.130. The summed E-state index contributed by atoms with van der Waals surface area (Å²) in [4.78, 5) is 15.8. The quantitative estimate of drug-likeness (QED) is 0.914. The number of carbonyl (C=O) groups is 1. The van der Waals surface area contributed by atoms with E-state index in [4.69, 9.17) is 5.11 Å². The number of aliphatic hydroxyl groups is 1. The van der Waals surface area contributed by atoms with Gasteiger partial charge in [-0.3, -0.25) is 9.78 Å². The standard InChI is InChI=1S/C14H13F3N2O2/c1-8(20)6-19-13(21)10-7-18-11-5-3-2-4-9(11)12(10)14(15,16)17/h2-5,7-8,20H,6H2,1H3,(H,19,21). The number of nitrogens with zero attached hydrogens (tertiary/aromatic N) is 1. The summed E-state index contributed by atoms with van der Waals surface area (Å²) in [6, 6.07) is 5.75. The number of halogens is 3. The Morgan fingerprint density at radius 3 is 2.67 bits per heavy atom. The minimum Gasteiger partial charge on any atom is -0.392 e. The lowest BCUT2D eigenvalue weighted by Gasteiger charge is -2.15. The molecule has 1 heterocycles. The third kappa shape index (κ3) is 3.30. The molecule has 1 aromatic heterocycles. The number of carbonyl (C=O) groups excluding carboxylic acids is 1. The second-order valence-electron chi connectivity index (χ2n) is 4.62. The van der Waals surface area contributed by atoms with Crippen LogP contribution in [0.2, 0.25) is 0 Å². The van der Waals surface area contributed by atoms with Crippen molar-refractivity contribution in [3.8, 4) is 0 Å². The smallest absolute Gasteiger partial charge is 0.392 e. The molecule has 0 aliphatic heterocycles. The molecule has 0 aliphatic carbocycles. The first-order valence-electron chi connectivity index (χ1n) is 6.22. The fourth-order valence-electron chi connectivity index (χ4n) is 1.95. The molecule has 0 bridgehead atoms. The van der Waals surface area contributed by atoms with Gasteiger partial charge in [-0.1, -0.05) is 18.2 Å². The van der Waals surface area contributed by atoms with Gasteiger partial charge in [-0.15, -0.1) is 0 Å². The molecule has 0 saturated carbocycles. The molecule has 1 unspecified atom stereocenters. The lowest BCUT2D eigenvalue weighted by atomic mass is 10.0. The van der Waals surface area contributed by atoms with E-state index in [1.165, 1.54) is 25.1 Å². The van der Waals surface area contributed by atoms with Crippen LogP contribution >= 0.6 is 0 Å². The van der Waals surface area contributed by atoms with Crippen molar-refractivity contribution in [2.75, 3.05) is 6.54 Å². The van der Waals surface area contributed by atoms with Crippen molar-refractivity contribution in [1.29, 1.82) is 0 Å². The Balaban J connectivity index is 2.55. The molecule has 7 heteroatoms. The third-order valence-corrected chi connectivity index (χ3v) is 2.86. The van der Waals surface area contributed by atoms with Gasteiger partial charge in [-0.25, -0.2) is 0 Å². The Morgan fingerprint density at radius 1 is 1.38 bits per heavy atom. The zero-order valence-electron chi connectivity index (χ0n) is 11.1. The van der Waals surface area contributed by atoms with E-state index in [-0.39, 0.29) is 17.4 Å². The van der Waals surface area contributed by atoms with E-state index >= 15 is 0 Å². The van der Waals surface area contributed by atoms with Crippen LogP contribution in [0.25, 0.3) is 10.9 Å². The highest BCUT2D eigenvalue weighted by atomic mass is 19.4. The highest BCUT2D eigenvalue weighted by molar-refractivity contribution is 6.00. The number of alkyl halides is 3. The Morgan fingerprint density at radius 2 is 2.05 bits per heavy atom. The fourth-order valence-corrected chi connectivity index (χ4v) is 1.95. The Bertz CT molecular complexity index is 669. The molecule has 0 spiro atoms. The molecule has 1 aromatic carbocycles. The predicted molar refractivity (Wildman–Crippen MR) is 70.8 cm³/mol. The number of benzene rings is 1. The number of aliphatic hydroxyl groups excluding tert-OH is 1. The topological polar surface area (TPSA) is 62.2 Å². The molecule has 0 aliphatic rings. The fraction of sp³-hybridized carbons (Fsp3) is 0.286. The molecular formula is C14H13F3N2O2. The summed E-state index contributed by atoms with van der Waals surface area (Å²) < 4.78 is 39.8. The molecule has 1 amide bonds. The Labute approximate surface area is 118 Å². The van der Waals surface area contributed by atoms with Crippen molar-refractivity contribution in [2.24, 2.45) is 0 Å². The van der Waals surface area contributed by atoms with Gasteiger partial charge >= 0.3 is 6.18 Å². The van der Waals surface area contributed by atoms with Crippen LogP contribution in [0, 0.1) is 0 Å². The average Bonchev–Trinajstić information content (AvgIpc) is 2.42. The summed E-state index contributed by atoms with van der Waals surface area (Å²) in [5.74, 6) is -0.915. The maximum atomic E-state index is 13.3. The highest BCUT2D eigenvalue weighted by Crippen LogP contribution is 2.36. The number of para-hydroxylation sites is 1. The van der Waals surface area contributed by atoms with Crippen LogP contribution in [0.5, 0.6) is 0 Å². The van der Waals surface area contributed by atoms with Crippen molar-refractivity contribution in [1.82, 2.24) is 10.3 Å². The van der Waals surface area contributed by atoms with E-state index in [9.17, 15) is 18.0 Å². The molecule has 1 atom stereocenters. The first kappa shape index (κ1) is 15.2. The summed E-state index contributed by atoms with van der Waals surface area (Å²) in [5, 5.41) is 11.2. The van der Waals surface area contributed by atoms with Crippen LogP contribution in [0.4, 0.5) is 13.2 Å². The van der Waals surface area contributed by atoms with E-state index in [1.807, 2.05) is 0 Å². The maximum absolute atomic E-state index is 13.3. The predicted octanol–water partition coefficient (Wildman–Crippen LogP) is 2.36. The maximum Gasteiger partial charge on any atom is 0.417 e. The zero-order valence-corrected chi connectivity index (χ0v) is 11.1. The number of rotatable bonds is 3. The minimum atomic E-state index is -4.68.